The van der Waals surface area contributed by atoms with Gasteiger partial charge in [0.05, 0.1) is 6.20 Å². The van der Waals surface area contributed by atoms with Crippen molar-refractivity contribution in [1.29, 1.82) is 0 Å². The maximum Gasteiger partial charge on any atom is 0.266 e. The fourth-order valence-corrected chi connectivity index (χ4v) is 1.02. The van der Waals surface area contributed by atoms with Crippen LogP contribution < -0.4 is 5.56 Å². The first-order valence-corrected chi connectivity index (χ1v) is 4.37. The number of hydrogen-bond acceptors (Lipinski definition) is 2. The topological polar surface area (TPSA) is 34.9 Å². The van der Waals surface area contributed by atoms with Gasteiger partial charge in [-0.15, -0.1) is 11.6 Å². The standard InChI is InChI=1S/C8H11ClN2O/c1-7-5-8(12)11(10-6-7)4-2-3-9/h5-6H,2-4H2,1H3. The molecule has 0 saturated carbocycles. The van der Waals surface area contributed by atoms with Crippen molar-refractivity contribution >= 4 is 11.6 Å². The zero-order valence-corrected chi connectivity index (χ0v) is 7.71. The molecule has 66 valence electrons. The van der Waals surface area contributed by atoms with Gasteiger partial charge in [-0.25, -0.2) is 4.68 Å². The molecule has 0 radical (unpaired) electrons. The van der Waals surface area contributed by atoms with Crippen LogP contribution in [-0.4, -0.2) is 15.7 Å². The lowest BCUT2D eigenvalue weighted by atomic mass is 10.3. The molecule has 0 amide bonds. The van der Waals surface area contributed by atoms with E-state index >= 15 is 0 Å². The molecule has 1 aromatic rings. The molecule has 0 N–H and O–H groups in total. The van der Waals surface area contributed by atoms with Gasteiger partial charge in [-0.1, -0.05) is 0 Å². The van der Waals surface area contributed by atoms with Crippen molar-refractivity contribution in [2.24, 2.45) is 0 Å². The molecule has 4 heteroatoms. The van der Waals surface area contributed by atoms with Crippen LogP contribution in [0.4, 0.5) is 0 Å². The molecule has 0 bridgehead atoms. The average Bonchev–Trinajstić information content (AvgIpc) is 2.03. The Morgan fingerprint density at radius 3 is 3.00 bits per heavy atom. The minimum Gasteiger partial charge on any atom is -0.268 e. The van der Waals surface area contributed by atoms with Crippen LogP contribution in [0, 0.1) is 6.92 Å². The minimum atomic E-state index is -0.0554. The van der Waals surface area contributed by atoms with Crippen LogP contribution in [0.15, 0.2) is 17.1 Å². The number of rotatable bonds is 3. The van der Waals surface area contributed by atoms with Crippen LogP contribution in [0.5, 0.6) is 0 Å². The number of aromatic nitrogens is 2. The first kappa shape index (κ1) is 9.26. The van der Waals surface area contributed by atoms with Gasteiger partial charge in [-0.2, -0.15) is 5.10 Å². The second kappa shape index (κ2) is 4.26. The summed E-state index contributed by atoms with van der Waals surface area (Å²) in [6.07, 6.45) is 2.45. The molecule has 1 rings (SSSR count). The van der Waals surface area contributed by atoms with Gasteiger partial charge in [-0.3, -0.25) is 4.79 Å². The Kier molecular flexibility index (Phi) is 3.29. The van der Waals surface area contributed by atoms with Crippen molar-refractivity contribution in [2.45, 2.75) is 19.9 Å². The monoisotopic (exact) mass is 186 g/mol. The second-order valence-corrected chi connectivity index (χ2v) is 3.01. The van der Waals surface area contributed by atoms with E-state index in [-0.39, 0.29) is 5.56 Å². The van der Waals surface area contributed by atoms with Crippen molar-refractivity contribution in [3.63, 3.8) is 0 Å². The highest BCUT2D eigenvalue weighted by Crippen LogP contribution is 1.90. The maximum absolute atomic E-state index is 11.2. The van der Waals surface area contributed by atoms with E-state index in [0.29, 0.717) is 12.4 Å². The van der Waals surface area contributed by atoms with Gasteiger partial charge in [-0.05, 0) is 18.9 Å². The van der Waals surface area contributed by atoms with E-state index in [1.807, 2.05) is 6.92 Å². The summed E-state index contributed by atoms with van der Waals surface area (Å²) in [5.74, 6) is 0.558. The van der Waals surface area contributed by atoms with Crippen molar-refractivity contribution in [3.05, 3.63) is 28.2 Å². The predicted molar refractivity (Wildman–Crippen MR) is 48.6 cm³/mol. The quantitative estimate of drug-likeness (QED) is 0.665. The van der Waals surface area contributed by atoms with Gasteiger partial charge < -0.3 is 0 Å². The molecule has 0 aliphatic heterocycles. The minimum absolute atomic E-state index is 0.0554. The van der Waals surface area contributed by atoms with Crippen LogP contribution in [0.2, 0.25) is 0 Å². The zero-order chi connectivity index (χ0) is 8.97. The molecular weight excluding hydrogens is 176 g/mol. The highest BCUT2D eigenvalue weighted by atomic mass is 35.5. The Morgan fingerprint density at radius 1 is 1.67 bits per heavy atom. The molecule has 0 spiro atoms. The van der Waals surface area contributed by atoms with Gasteiger partial charge in [0.2, 0.25) is 0 Å². The van der Waals surface area contributed by atoms with E-state index < -0.39 is 0 Å². The molecule has 1 aromatic heterocycles. The second-order valence-electron chi connectivity index (χ2n) is 2.64. The Bertz CT molecular complexity index is 308. The van der Waals surface area contributed by atoms with E-state index in [4.69, 9.17) is 11.6 Å². The summed E-state index contributed by atoms with van der Waals surface area (Å²) >= 11 is 5.49. The number of hydrogen-bond donors (Lipinski definition) is 0. The van der Waals surface area contributed by atoms with Crippen LogP contribution in [0.1, 0.15) is 12.0 Å². The van der Waals surface area contributed by atoms with Crippen molar-refractivity contribution < 1.29 is 0 Å². The summed E-state index contributed by atoms with van der Waals surface area (Å²) in [4.78, 5) is 11.2. The number of halogens is 1. The molecule has 0 aliphatic rings. The molecular formula is C8H11ClN2O. The normalized spacial score (nSPS) is 10.2. The Hall–Kier alpha value is -0.830. The summed E-state index contributed by atoms with van der Waals surface area (Å²) in [6, 6.07) is 1.57. The van der Waals surface area contributed by atoms with Crippen molar-refractivity contribution in [2.75, 3.05) is 5.88 Å². The lowest BCUT2D eigenvalue weighted by Crippen LogP contribution is -2.22. The fourth-order valence-electron chi connectivity index (χ4n) is 0.902. The van der Waals surface area contributed by atoms with Crippen LogP contribution in [-0.2, 0) is 6.54 Å². The fraction of sp³-hybridized carbons (Fsp3) is 0.500. The van der Waals surface area contributed by atoms with Gasteiger partial charge >= 0.3 is 0 Å². The van der Waals surface area contributed by atoms with Crippen molar-refractivity contribution in [3.8, 4) is 0 Å². The van der Waals surface area contributed by atoms with E-state index in [2.05, 4.69) is 5.10 Å². The van der Waals surface area contributed by atoms with E-state index in [1.165, 1.54) is 4.68 Å². The summed E-state index contributed by atoms with van der Waals surface area (Å²) < 4.78 is 1.43. The highest BCUT2D eigenvalue weighted by molar-refractivity contribution is 6.17. The van der Waals surface area contributed by atoms with E-state index in [1.54, 1.807) is 12.3 Å². The Balaban J connectivity index is 2.80. The van der Waals surface area contributed by atoms with Gasteiger partial charge in [0, 0.05) is 18.5 Å². The summed E-state index contributed by atoms with van der Waals surface area (Å²) in [5, 5.41) is 3.96. The van der Waals surface area contributed by atoms with E-state index in [0.717, 1.165) is 12.0 Å². The predicted octanol–water partition coefficient (Wildman–Crippen LogP) is 1.18. The summed E-state index contributed by atoms with van der Waals surface area (Å²) in [7, 11) is 0. The third kappa shape index (κ3) is 2.34. The largest absolute Gasteiger partial charge is 0.268 e. The van der Waals surface area contributed by atoms with Gasteiger partial charge in [0.15, 0.2) is 0 Å². The third-order valence-electron chi connectivity index (χ3n) is 1.51. The lowest BCUT2D eigenvalue weighted by Gasteiger charge is -2.01. The smallest absolute Gasteiger partial charge is 0.266 e. The third-order valence-corrected chi connectivity index (χ3v) is 1.78. The zero-order valence-electron chi connectivity index (χ0n) is 6.96. The highest BCUT2D eigenvalue weighted by Gasteiger charge is 1.95. The average molecular weight is 187 g/mol. The number of alkyl halides is 1. The Labute approximate surface area is 76.0 Å². The van der Waals surface area contributed by atoms with Crippen LogP contribution in [0.3, 0.4) is 0 Å². The summed E-state index contributed by atoms with van der Waals surface area (Å²) in [6.45, 7) is 2.45. The lowest BCUT2D eigenvalue weighted by molar-refractivity contribution is 0.568. The number of nitrogens with zero attached hydrogens (tertiary/aromatic N) is 2. The molecule has 0 unspecified atom stereocenters. The van der Waals surface area contributed by atoms with Crippen molar-refractivity contribution in [1.82, 2.24) is 9.78 Å². The summed E-state index contributed by atoms with van der Waals surface area (Å²) in [5.41, 5.74) is 0.835. The molecule has 12 heavy (non-hydrogen) atoms. The number of aryl methyl sites for hydroxylation is 2. The molecule has 0 fully saturated rings. The SMILES string of the molecule is Cc1cnn(CCCCl)c(=O)c1. The molecule has 0 aromatic carbocycles. The van der Waals surface area contributed by atoms with Gasteiger partial charge in [0.25, 0.3) is 5.56 Å². The first-order valence-electron chi connectivity index (χ1n) is 3.84. The molecule has 0 saturated heterocycles. The Morgan fingerprint density at radius 2 is 2.42 bits per heavy atom. The maximum atomic E-state index is 11.2. The van der Waals surface area contributed by atoms with Crippen LogP contribution in [0.25, 0.3) is 0 Å². The molecule has 0 aliphatic carbocycles. The molecule has 3 nitrogen and oxygen atoms in total. The molecule has 1 heterocycles. The molecule has 0 atom stereocenters. The van der Waals surface area contributed by atoms with Crippen LogP contribution >= 0.6 is 11.6 Å². The van der Waals surface area contributed by atoms with Gasteiger partial charge in [0.1, 0.15) is 0 Å². The first-order chi connectivity index (χ1) is 5.74. The van der Waals surface area contributed by atoms with E-state index in [9.17, 15) is 4.79 Å².